The first-order valence-corrected chi connectivity index (χ1v) is 21.4. The molecule has 4 fully saturated rings. The van der Waals surface area contributed by atoms with Crippen LogP contribution in [0.15, 0.2) is 0 Å². The van der Waals surface area contributed by atoms with E-state index < -0.39 is 11.9 Å². The molecule has 8 N–H and O–H groups in total. The summed E-state index contributed by atoms with van der Waals surface area (Å²) in [5.74, 6) is -0.595. The Bertz CT molecular complexity index is 1230. The summed E-state index contributed by atoms with van der Waals surface area (Å²) in [6.45, 7) is 2.90. The maximum Gasteiger partial charge on any atom is 0.317 e. The van der Waals surface area contributed by atoms with Crippen LogP contribution >= 0.6 is 11.8 Å². The molecule has 17 nitrogen and oxygen atoms in total. The van der Waals surface area contributed by atoms with Gasteiger partial charge >= 0.3 is 18.0 Å². The maximum atomic E-state index is 12.8. The lowest BCUT2D eigenvalue weighted by Crippen LogP contribution is -2.53. The van der Waals surface area contributed by atoms with Crippen molar-refractivity contribution >= 4 is 41.5 Å². The van der Waals surface area contributed by atoms with E-state index in [9.17, 15) is 44.4 Å². The number of carbonyl (C=O) groups is 5. The molecule has 314 valence electrons. The van der Waals surface area contributed by atoms with Gasteiger partial charge in [0.25, 0.3) is 0 Å². The average Bonchev–Trinajstić information content (AvgIpc) is 3.70. The fourth-order valence-corrected chi connectivity index (χ4v) is 9.92. The molecule has 0 radical (unpaired) electrons. The van der Waals surface area contributed by atoms with Gasteiger partial charge in [0, 0.05) is 88.3 Å². The van der Waals surface area contributed by atoms with Crippen LogP contribution < -0.4 is 21.3 Å². The number of carboxylic acids is 2. The lowest BCUT2D eigenvalue weighted by atomic mass is 9.81. The number of hydrogen-bond donors (Lipinski definition) is 8. The predicted octanol–water partition coefficient (Wildman–Crippen LogP) is 0.113. The van der Waals surface area contributed by atoms with E-state index in [4.69, 9.17) is 0 Å². The van der Waals surface area contributed by atoms with E-state index in [-0.39, 0.29) is 68.6 Å². The second-order valence-corrected chi connectivity index (χ2v) is 17.0. The summed E-state index contributed by atoms with van der Waals surface area (Å²) in [5.41, 5.74) is 0. The van der Waals surface area contributed by atoms with Gasteiger partial charge in [0.05, 0.1) is 38.6 Å². The van der Waals surface area contributed by atoms with Crippen molar-refractivity contribution in [3.63, 3.8) is 0 Å². The standard InChI is InChI=1S/C37H66N8O9S/c46-25-42-14-15-43(26-47)18-19-45(23-35(52)53)29(21-44(17-16-42)22-34(50)51)20-27-9-11-28(12-10-27)39-33(49)8-2-1-5-13-38-32(48)7-4-3-6-31-36-30(24-55-31)40-37(54)41-36/h27-31,36,46-47H,1-26H2,(H,38,48)(H,39,49)(H,50,51)(H,52,53)(H2,40,41,54). The Morgan fingerprint density at radius 2 is 1.38 bits per heavy atom. The molecule has 55 heavy (non-hydrogen) atoms. The summed E-state index contributed by atoms with van der Waals surface area (Å²) >= 11 is 1.89. The molecule has 18 heteroatoms. The zero-order valence-corrected chi connectivity index (χ0v) is 33.2. The molecule has 4 atom stereocenters. The summed E-state index contributed by atoms with van der Waals surface area (Å²) in [6.07, 6.45) is 10.2. The van der Waals surface area contributed by atoms with E-state index in [0.717, 1.165) is 70.0 Å². The Morgan fingerprint density at radius 1 is 0.745 bits per heavy atom. The van der Waals surface area contributed by atoms with E-state index in [2.05, 4.69) is 21.3 Å². The molecule has 4 amide bonds. The molecule has 0 aromatic carbocycles. The third-order valence-corrected chi connectivity index (χ3v) is 13.1. The number of aliphatic hydroxyl groups is 2. The molecule has 0 aromatic rings. The third kappa shape index (κ3) is 16.3. The Hall–Kier alpha value is -2.74. The average molecular weight is 799 g/mol. The molecule has 4 rings (SSSR count). The third-order valence-electron chi connectivity index (χ3n) is 11.6. The number of unbranched alkanes of at least 4 members (excludes halogenated alkanes) is 3. The van der Waals surface area contributed by atoms with Crippen molar-refractivity contribution in [1.29, 1.82) is 0 Å². The van der Waals surface area contributed by atoms with Crippen LogP contribution in [0.4, 0.5) is 4.79 Å². The number of nitrogens with zero attached hydrogens (tertiary/aromatic N) is 4. The second kappa shape index (κ2) is 24.1. The number of amides is 4. The topological polar surface area (TPSA) is 227 Å². The number of nitrogens with one attached hydrogen (secondary N) is 4. The van der Waals surface area contributed by atoms with Crippen LogP contribution in [0.3, 0.4) is 0 Å². The minimum Gasteiger partial charge on any atom is -0.480 e. The number of aliphatic hydroxyl groups excluding tert-OH is 2. The SMILES string of the molecule is O=C(O)CN1CCN(CO)CCN(CO)CCN(CC(=O)O)C(CC2CCC(NC(=O)CCCCCNC(=O)CCCCC3SCC4NC(=O)NC43)CC2)C1. The van der Waals surface area contributed by atoms with Gasteiger partial charge in [-0.3, -0.25) is 38.8 Å². The molecule has 4 aliphatic rings. The summed E-state index contributed by atoms with van der Waals surface area (Å²) < 4.78 is 0. The lowest BCUT2D eigenvalue weighted by Gasteiger charge is -2.40. The summed E-state index contributed by atoms with van der Waals surface area (Å²) in [6, 6.07) is 0.213. The first-order chi connectivity index (χ1) is 26.5. The van der Waals surface area contributed by atoms with Crippen LogP contribution in [0.2, 0.25) is 0 Å². The molecule has 3 heterocycles. The van der Waals surface area contributed by atoms with Crippen LogP contribution in [0.1, 0.15) is 83.5 Å². The lowest BCUT2D eigenvalue weighted by molar-refractivity contribution is -0.141. The zero-order chi connectivity index (χ0) is 39.6. The van der Waals surface area contributed by atoms with Gasteiger partial charge in [-0.15, -0.1) is 0 Å². The van der Waals surface area contributed by atoms with E-state index in [1.165, 1.54) is 0 Å². The van der Waals surface area contributed by atoms with Crippen LogP contribution in [0.25, 0.3) is 0 Å². The highest BCUT2D eigenvalue weighted by Crippen LogP contribution is 2.33. The molecule has 0 aromatic heterocycles. The van der Waals surface area contributed by atoms with Gasteiger partial charge in [0.2, 0.25) is 11.8 Å². The quantitative estimate of drug-likeness (QED) is 0.0605. The number of fused-ring (bicyclic) bond motifs is 1. The number of carboxylic acid groups (broad SMARTS) is 2. The maximum absolute atomic E-state index is 12.8. The van der Waals surface area contributed by atoms with E-state index in [1.807, 2.05) is 31.4 Å². The van der Waals surface area contributed by atoms with Crippen molar-refractivity contribution < 1.29 is 44.4 Å². The van der Waals surface area contributed by atoms with Crippen molar-refractivity contribution in [1.82, 2.24) is 40.9 Å². The highest BCUT2D eigenvalue weighted by Gasteiger charge is 2.42. The van der Waals surface area contributed by atoms with E-state index in [1.54, 1.807) is 0 Å². The fourth-order valence-electron chi connectivity index (χ4n) is 8.37. The van der Waals surface area contributed by atoms with Crippen molar-refractivity contribution in [2.75, 3.05) is 84.7 Å². The molecule has 3 saturated heterocycles. The second-order valence-electron chi connectivity index (χ2n) is 15.7. The van der Waals surface area contributed by atoms with E-state index >= 15 is 0 Å². The Balaban J connectivity index is 1.12. The van der Waals surface area contributed by atoms with Gasteiger partial charge < -0.3 is 41.7 Å². The first kappa shape index (κ1) is 45.0. The number of urea groups is 1. The Morgan fingerprint density at radius 3 is 2.05 bits per heavy atom. The first-order valence-electron chi connectivity index (χ1n) is 20.3. The minimum absolute atomic E-state index is 0.0359. The Kier molecular flexibility index (Phi) is 19.7. The molecule has 0 bridgehead atoms. The van der Waals surface area contributed by atoms with Crippen molar-refractivity contribution in [3.05, 3.63) is 0 Å². The molecule has 3 aliphatic heterocycles. The van der Waals surface area contributed by atoms with Crippen LogP contribution in [-0.4, -0.2) is 184 Å². The normalized spacial score (nSPS) is 27.6. The van der Waals surface area contributed by atoms with Crippen molar-refractivity contribution in [2.45, 2.75) is 113 Å². The fraction of sp³-hybridized carbons (Fsp3) is 0.865. The van der Waals surface area contributed by atoms with Crippen LogP contribution in [0.5, 0.6) is 0 Å². The Labute approximate surface area is 329 Å². The molecule has 1 aliphatic carbocycles. The van der Waals surface area contributed by atoms with Crippen LogP contribution in [0, 0.1) is 5.92 Å². The number of carbonyl (C=O) groups excluding carboxylic acids is 3. The summed E-state index contributed by atoms with van der Waals surface area (Å²) in [7, 11) is 0. The largest absolute Gasteiger partial charge is 0.480 e. The number of aliphatic carboxylic acids is 2. The zero-order valence-electron chi connectivity index (χ0n) is 32.4. The number of thioether (sulfide) groups is 1. The van der Waals surface area contributed by atoms with Crippen molar-refractivity contribution in [3.8, 4) is 0 Å². The van der Waals surface area contributed by atoms with Gasteiger partial charge in [-0.1, -0.05) is 12.8 Å². The van der Waals surface area contributed by atoms with Gasteiger partial charge in [-0.2, -0.15) is 11.8 Å². The van der Waals surface area contributed by atoms with Gasteiger partial charge in [0.1, 0.15) is 0 Å². The highest BCUT2D eigenvalue weighted by atomic mass is 32.2. The minimum atomic E-state index is -0.962. The van der Waals surface area contributed by atoms with Gasteiger partial charge in [-0.05, 0) is 63.7 Å². The molecular formula is C37H66N8O9S. The number of rotatable bonds is 20. The van der Waals surface area contributed by atoms with Gasteiger partial charge in [0.15, 0.2) is 0 Å². The van der Waals surface area contributed by atoms with Crippen LogP contribution in [-0.2, 0) is 19.2 Å². The summed E-state index contributed by atoms with van der Waals surface area (Å²) in [4.78, 5) is 67.7. The van der Waals surface area contributed by atoms with Gasteiger partial charge in [-0.25, -0.2) is 4.79 Å². The monoisotopic (exact) mass is 798 g/mol. The molecule has 0 spiro atoms. The predicted molar refractivity (Wildman–Crippen MR) is 208 cm³/mol. The molecular weight excluding hydrogens is 733 g/mol. The summed E-state index contributed by atoms with van der Waals surface area (Å²) in [5, 5.41) is 51.8. The smallest absolute Gasteiger partial charge is 0.317 e. The molecule has 4 unspecified atom stereocenters. The van der Waals surface area contributed by atoms with Crippen molar-refractivity contribution in [2.24, 2.45) is 5.92 Å². The van der Waals surface area contributed by atoms with E-state index in [0.29, 0.717) is 82.8 Å². The highest BCUT2D eigenvalue weighted by molar-refractivity contribution is 8.00. The molecule has 1 saturated carbocycles. The number of hydrogen-bond acceptors (Lipinski definition) is 12.